The number of nitrogens with one attached hydrogen (secondary N) is 1. The molecular weight excluding hydrogens is 478 g/mol. The standard InChI is InChI=1S/C23H32ClN5O3S.H2O/c1-14-10-15(2)27-23(26-14)33-9-5-7-29-8-6-19(21(13-29)32-4)28-22(30)16-11-17(24)18(25)12-20(16)31-3;/h10-12,19,21H,5-9,13,25H2,1-4H3,(H,28,30);1H2. The number of rotatable bonds is 9. The van der Waals surface area contributed by atoms with Crippen molar-refractivity contribution >= 4 is 35.0 Å². The van der Waals surface area contributed by atoms with Crippen molar-refractivity contribution in [3.8, 4) is 5.75 Å². The summed E-state index contributed by atoms with van der Waals surface area (Å²) in [7, 11) is 3.18. The number of methoxy groups -OCH3 is 2. The minimum Gasteiger partial charge on any atom is -0.496 e. The molecule has 0 radical (unpaired) electrons. The van der Waals surface area contributed by atoms with Crippen LogP contribution in [0.2, 0.25) is 5.02 Å². The van der Waals surface area contributed by atoms with E-state index in [4.69, 9.17) is 26.8 Å². The van der Waals surface area contributed by atoms with Gasteiger partial charge in [-0.25, -0.2) is 9.97 Å². The number of aromatic nitrogens is 2. The van der Waals surface area contributed by atoms with Gasteiger partial charge in [0.15, 0.2) is 5.16 Å². The molecule has 2 atom stereocenters. The Balaban J connectivity index is 0.00000408. The molecular formula is C23H34ClN5O4S. The molecule has 1 saturated heterocycles. The highest BCUT2D eigenvalue weighted by Gasteiger charge is 2.31. The van der Waals surface area contributed by atoms with Crippen molar-refractivity contribution in [1.82, 2.24) is 20.2 Å². The lowest BCUT2D eigenvalue weighted by atomic mass is 10.0. The number of anilines is 1. The maximum atomic E-state index is 12.9. The zero-order chi connectivity index (χ0) is 24.0. The second-order valence-electron chi connectivity index (χ2n) is 8.15. The zero-order valence-electron chi connectivity index (χ0n) is 20.1. The van der Waals surface area contributed by atoms with Gasteiger partial charge in [0.1, 0.15) is 5.75 Å². The lowest BCUT2D eigenvalue weighted by Crippen LogP contribution is -2.55. The largest absolute Gasteiger partial charge is 0.496 e. The first kappa shape index (κ1) is 28.1. The maximum absolute atomic E-state index is 12.9. The monoisotopic (exact) mass is 511 g/mol. The van der Waals surface area contributed by atoms with Crippen LogP contribution < -0.4 is 15.8 Å². The SMILES string of the molecule is COc1cc(N)c(Cl)cc1C(=O)NC1CCN(CCCSc2nc(C)cc(C)n2)CC1OC.O. The molecule has 1 fully saturated rings. The normalized spacial score (nSPS) is 18.3. The van der Waals surface area contributed by atoms with E-state index >= 15 is 0 Å². The van der Waals surface area contributed by atoms with Gasteiger partial charge in [-0.3, -0.25) is 4.79 Å². The Morgan fingerprint density at radius 3 is 2.62 bits per heavy atom. The molecule has 11 heteroatoms. The summed E-state index contributed by atoms with van der Waals surface area (Å²) in [5, 5.41) is 4.24. The number of likely N-dealkylation sites (tertiary alicyclic amines) is 1. The highest BCUT2D eigenvalue weighted by atomic mass is 35.5. The Morgan fingerprint density at radius 2 is 1.97 bits per heavy atom. The Bertz CT molecular complexity index is 960. The average molecular weight is 512 g/mol. The molecule has 5 N–H and O–H groups in total. The first-order valence-corrected chi connectivity index (χ1v) is 12.3. The van der Waals surface area contributed by atoms with Crippen LogP contribution in [-0.4, -0.2) is 78.0 Å². The molecule has 2 heterocycles. The Labute approximate surface area is 210 Å². The fraction of sp³-hybridized carbons (Fsp3) is 0.522. The van der Waals surface area contributed by atoms with Gasteiger partial charge in [0.2, 0.25) is 0 Å². The fourth-order valence-corrected chi connectivity index (χ4v) is 5.00. The molecule has 2 aromatic rings. The molecule has 0 bridgehead atoms. The number of carbonyl (C=O) groups excluding carboxylic acids is 1. The molecule has 3 rings (SSSR count). The van der Waals surface area contributed by atoms with Crippen LogP contribution in [0.1, 0.15) is 34.6 Å². The number of ether oxygens (including phenoxy) is 2. The van der Waals surface area contributed by atoms with Crippen LogP contribution in [0.3, 0.4) is 0 Å². The molecule has 0 spiro atoms. The highest BCUT2D eigenvalue weighted by Crippen LogP contribution is 2.29. The van der Waals surface area contributed by atoms with Gasteiger partial charge in [0.25, 0.3) is 5.91 Å². The molecule has 2 unspecified atom stereocenters. The van der Waals surface area contributed by atoms with Gasteiger partial charge >= 0.3 is 0 Å². The number of nitrogens with zero attached hydrogens (tertiary/aromatic N) is 3. The molecule has 188 valence electrons. The number of piperidine rings is 1. The predicted octanol–water partition coefficient (Wildman–Crippen LogP) is 2.51. The minimum absolute atomic E-state index is 0. The summed E-state index contributed by atoms with van der Waals surface area (Å²) in [5.41, 5.74) is 8.55. The van der Waals surface area contributed by atoms with Crippen molar-refractivity contribution in [3.63, 3.8) is 0 Å². The summed E-state index contributed by atoms with van der Waals surface area (Å²) >= 11 is 7.81. The lowest BCUT2D eigenvalue weighted by Gasteiger charge is -2.38. The number of halogens is 1. The van der Waals surface area contributed by atoms with Crippen molar-refractivity contribution < 1.29 is 19.7 Å². The first-order valence-electron chi connectivity index (χ1n) is 10.9. The third-order valence-corrected chi connectivity index (χ3v) is 6.90. The maximum Gasteiger partial charge on any atom is 0.255 e. The summed E-state index contributed by atoms with van der Waals surface area (Å²) in [4.78, 5) is 24.3. The summed E-state index contributed by atoms with van der Waals surface area (Å²) in [6, 6.07) is 4.99. The number of thioether (sulfide) groups is 1. The number of aryl methyl sites for hydroxylation is 2. The van der Waals surface area contributed by atoms with Gasteiger partial charge in [-0.2, -0.15) is 0 Å². The molecule has 0 aliphatic carbocycles. The first-order chi connectivity index (χ1) is 15.8. The molecule has 1 amide bonds. The lowest BCUT2D eigenvalue weighted by molar-refractivity contribution is 0.00655. The van der Waals surface area contributed by atoms with Crippen molar-refractivity contribution in [2.75, 3.05) is 45.3 Å². The van der Waals surface area contributed by atoms with Gasteiger partial charge in [-0.15, -0.1) is 0 Å². The third-order valence-electron chi connectivity index (χ3n) is 5.64. The quantitative estimate of drug-likeness (QED) is 0.227. The number of hydrogen-bond donors (Lipinski definition) is 2. The Kier molecular flexibility index (Phi) is 10.8. The van der Waals surface area contributed by atoms with Gasteiger partial charge in [-0.1, -0.05) is 23.4 Å². The van der Waals surface area contributed by atoms with Crippen molar-refractivity contribution in [2.45, 2.75) is 44.0 Å². The molecule has 1 aliphatic heterocycles. The predicted molar refractivity (Wildman–Crippen MR) is 136 cm³/mol. The molecule has 34 heavy (non-hydrogen) atoms. The zero-order valence-corrected chi connectivity index (χ0v) is 21.6. The Hall–Kier alpha value is -2.11. The van der Waals surface area contributed by atoms with E-state index < -0.39 is 0 Å². The summed E-state index contributed by atoms with van der Waals surface area (Å²) in [6.07, 6.45) is 1.71. The third kappa shape index (κ3) is 7.44. The number of hydrogen-bond acceptors (Lipinski definition) is 8. The van der Waals surface area contributed by atoms with E-state index in [0.717, 1.165) is 54.8 Å². The van der Waals surface area contributed by atoms with E-state index in [1.807, 2.05) is 19.9 Å². The molecule has 1 aliphatic rings. The number of nitrogens with two attached hydrogens (primary N) is 1. The van der Waals surface area contributed by atoms with E-state index in [0.29, 0.717) is 22.0 Å². The van der Waals surface area contributed by atoms with Gasteiger partial charge in [0, 0.05) is 43.4 Å². The van der Waals surface area contributed by atoms with Crippen LogP contribution in [-0.2, 0) is 4.74 Å². The highest BCUT2D eigenvalue weighted by molar-refractivity contribution is 7.99. The van der Waals surface area contributed by atoms with Crippen LogP contribution in [0.15, 0.2) is 23.4 Å². The molecule has 1 aromatic carbocycles. The van der Waals surface area contributed by atoms with Crippen LogP contribution in [0.25, 0.3) is 0 Å². The van der Waals surface area contributed by atoms with Crippen molar-refractivity contribution in [3.05, 3.63) is 40.2 Å². The van der Waals surface area contributed by atoms with E-state index in [1.165, 1.54) is 7.11 Å². The molecule has 9 nitrogen and oxygen atoms in total. The fourth-order valence-electron chi connectivity index (χ4n) is 3.96. The van der Waals surface area contributed by atoms with E-state index in [1.54, 1.807) is 31.0 Å². The van der Waals surface area contributed by atoms with E-state index in [-0.39, 0.29) is 23.5 Å². The summed E-state index contributed by atoms with van der Waals surface area (Å²) in [5.74, 6) is 1.10. The smallest absolute Gasteiger partial charge is 0.255 e. The van der Waals surface area contributed by atoms with Gasteiger partial charge in [0.05, 0.1) is 35.5 Å². The topological polar surface area (TPSA) is 134 Å². The average Bonchev–Trinajstić information content (AvgIpc) is 2.78. The summed E-state index contributed by atoms with van der Waals surface area (Å²) < 4.78 is 11.0. The van der Waals surface area contributed by atoms with Crippen molar-refractivity contribution in [1.29, 1.82) is 0 Å². The van der Waals surface area contributed by atoms with Crippen LogP contribution in [0, 0.1) is 13.8 Å². The van der Waals surface area contributed by atoms with Crippen molar-refractivity contribution in [2.24, 2.45) is 0 Å². The second-order valence-corrected chi connectivity index (χ2v) is 9.62. The number of nitrogen functional groups attached to an aromatic ring is 1. The number of amides is 1. The van der Waals surface area contributed by atoms with Crippen LogP contribution in [0.5, 0.6) is 5.75 Å². The van der Waals surface area contributed by atoms with E-state index in [9.17, 15) is 4.79 Å². The van der Waals surface area contributed by atoms with E-state index in [2.05, 4.69) is 20.2 Å². The van der Waals surface area contributed by atoms with Crippen LogP contribution in [0.4, 0.5) is 5.69 Å². The Morgan fingerprint density at radius 1 is 1.26 bits per heavy atom. The summed E-state index contributed by atoms with van der Waals surface area (Å²) in [6.45, 7) is 6.58. The minimum atomic E-state index is -0.251. The van der Waals surface area contributed by atoms with Gasteiger partial charge < -0.3 is 30.9 Å². The van der Waals surface area contributed by atoms with Crippen LogP contribution >= 0.6 is 23.4 Å². The second kappa shape index (κ2) is 13.1. The molecule has 1 aromatic heterocycles. The van der Waals surface area contributed by atoms with Gasteiger partial charge in [-0.05, 0) is 45.4 Å². The number of carbonyl (C=O) groups is 1. The molecule has 0 saturated carbocycles. The number of benzene rings is 1.